The second-order valence-corrected chi connectivity index (χ2v) is 2.16. The van der Waals surface area contributed by atoms with Crippen LogP contribution in [-0.2, 0) is 0 Å². The van der Waals surface area contributed by atoms with Crippen molar-refractivity contribution >= 4 is 0 Å². The topological polar surface area (TPSA) is 18.5 Å². The van der Waals surface area contributed by atoms with Crippen molar-refractivity contribution < 1.29 is 12.2 Å². The third kappa shape index (κ3) is 1.64. The predicted molar refractivity (Wildman–Crippen MR) is 44.3 cm³/mol. The van der Waals surface area contributed by atoms with Crippen LogP contribution in [-0.4, -0.2) is 14.2 Å². The van der Waals surface area contributed by atoms with Crippen LogP contribution >= 0.6 is 0 Å². The Morgan fingerprint density at radius 1 is 1.27 bits per heavy atom. The van der Waals surface area contributed by atoms with Crippen LogP contribution in [0.1, 0.15) is 8.30 Å². The Morgan fingerprint density at radius 2 is 2.00 bits per heavy atom. The van der Waals surface area contributed by atoms with Gasteiger partial charge in [-0.05, 0) is 18.5 Å². The molecule has 1 rings (SSSR count). The molecule has 0 unspecified atom stereocenters. The van der Waals surface area contributed by atoms with Crippen molar-refractivity contribution in [3.05, 3.63) is 23.7 Å². The van der Waals surface area contributed by atoms with Gasteiger partial charge in [-0.15, -0.1) is 0 Å². The largest absolute Gasteiger partial charge is 0.497 e. The van der Waals surface area contributed by atoms with Gasteiger partial charge in [0.25, 0.3) is 0 Å². The lowest BCUT2D eigenvalue weighted by Gasteiger charge is -2.05. The van der Waals surface area contributed by atoms with E-state index in [9.17, 15) is 0 Å². The van der Waals surface area contributed by atoms with Crippen LogP contribution in [0.15, 0.2) is 18.2 Å². The molecule has 0 saturated carbocycles. The summed E-state index contributed by atoms with van der Waals surface area (Å²) in [4.78, 5) is 0. The first kappa shape index (κ1) is 5.47. The highest BCUT2D eigenvalue weighted by Gasteiger charge is 1.98. The highest BCUT2D eigenvalue weighted by Crippen LogP contribution is 2.22. The van der Waals surface area contributed by atoms with Crippen molar-refractivity contribution in [2.75, 3.05) is 14.2 Å². The molecule has 0 spiro atoms. The zero-order chi connectivity index (χ0) is 10.0. The second-order valence-electron chi connectivity index (χ2n) is 2.16. The van der Waals surface area contributed by atoms with Crippen LogP contribution in [0.25, 0.3) is 0 Å². The van der Waals surface area contributed by atoms with E-state index in [-0.39, 0.29) is 12.1 Å². The molecule has 1 aromatic rings. The normalized spacial score (nSPS) is 11.9. The Kier molecular flexibility index (Phi) is 1.63. The van der Waals surface area contributed by atoms with Gasteiger partial charge in [0.15, 0.2) is 0 Å². The monoisotopic (exact) mass is 154 g/mol. The summed E-state index contributed by atoms with van der Waals surface area (Å²) < 4.78 is 25.1. The molecule has 0 saturated heterocycles. The molecule has 0 N–H and O–H groups in total. The molecule has 1 aromatic carbocycles. The number of rotatable bonds is 2. The first-order valence-corrected chi connectivity index (χ1v) is 3.30. The number of hydrogen-bond donors (Lipinski definition) is 0. The fraction of sp³-hybridized carbons (Fsp3) is 0.333. The Balaban J connectivity index is 3.36. The van der Waals surface area contributed by atoms with Gasteiger partial charge in [-0.3, -0.25) is 0 Å². The predicted octanol–water partition coefficient (Wildman–Crippen LogP) is 2.01. The Bertz CT molecular complexity index is 296. The number of methoxy groups -OCH3 is 2. The minimum absolute atomic E-state index is 0.0980. The van der Waals surface area contributed by atoms with Gasteiger partial charge in [0.1, 0.15) is 11.5 Å². The van der Waals surface area contributed by atoms with E-state index in [1.165, 1.54) is 14.2 Å². The average Bonchev–Trinajstić information content (AvgIpc) is 2.15. The molecule has 0 radical (unpaired) electrons. The highest BCUT2D eigenvalue weighted by atomic mass is 16.5. The summed E-state index contributed by atoms with van der Waals surface area (Å²) in [6.45, 7) is 1.75. The van der Waals surface area contributed by atoms with E-state index in [4.69, 9.17) is 12.2 Å². The molecule has 11 heavy (non-hydrogen) atoms. The van der Waals surface area contributed by atoms with Gasteiger partial charge >= 0.3 is 0 Å². The van der Waals surface area contributed by atoms with E-state index in [0.717, 1.165) is 0 Å². The van der Waals surface area contributed by atoms with E-state index < -0.39 is 0 Å². The molecule has 0 aliphatic rings. The SMILES string of the molecule is [2H]c1c(OC)cc(OC)c(C)c1[2H]. The minimum atomic E-state index is 0.0980. The molecule has 2 nitrogen and oxygen atoms in total. The summed E-state index contributed by atoms with van der Waals surface area (Å²) in [7, 11) is 3.01. The minimum Gasteiger partial charge on any atom is -0.497 e. The average molecular weight is 154 g/mol. The summed E-state index contributed by atoms with van der Waals surface area (Å²) in [5.74, 6) is 0.949. The van der Waals surface area contributed by atoms with Gasteiger partial charge in [-0.1, -0.05) is 6.04 Å². The summed E-state index contributed by atoms with van der Waals surface area (Å²) in [5.41, 5.74) is 0.660. The van der Waals surface area contributed by atoms with Crippen LogP contribution in [0.5, 0.6) is 11.5 Å². The van der Waals surface area contributed by atoms with Crippen LogP contribution in [0.2, 0.25) is 0 Å². The molecule has 0 fully saturated rings. The third-order valence-electron chi connectivity index (χ3n) is 1.44. The highest BCUT2D eigenvalue weighted by molar-refractivity contribution is 5.39. The molecule has 2 heteroatoms. The van der Waals surface area contributed by atoms with Gasteiger partial charge in [0.05, 0.1) is 17.0 Å². The summed E-state index contributed by atoms with van der Waals surface area (Å²) in [5, 5.41) is 0. The maximum atomic E-state index is 7.58. The molecule has 0 bridgehead atoms. The fourth-order valence-corrected chi connectivity index (χ4v) is 0.802. The van der Waals surface area contributed by atoms with Crippen LogP contribution in [0, 0.1) is 6.92 Å². The van der Waals surface area contributed by atoms with Crippen molar-refractivity contribution in [1.82, 2.24) is 0 Å². The first-order valence-electron chi connectivity index (χ1n) is 4.30. The number of benzene rings is 1. The molecular formula is C9H12O2. The first-order chi connectivity index (χ1) is 6.11. The summed E-state index contributed by atoms with van der Waals surface area (Å²) in [6.07, 6.45) is 0. The van der Waals surface area contributed by atoms with E-state index in [1.807, 2.05) is 0 Å². The molecule has 60 valence electrons. The quantitative estimate of drug-likeness (QED) is 0.648. The standard InChI is InChI=1S/C9H12O2/c1-7-4-5-8(10-2)6-9(7)11-3/h4-6H,1-3H3/i4D,5D. The molecule has 0 aliphatic heterocycles. The lowest BCUT2D eigenvalue weighted by atomic mass is 10.2. The summed E-state index contributed by atoms with van der Waals surface area (Å²) in [6, 6.07) is 1.87. The molecule has 0 aromatic heterocycles. The van der Waals surface area contributed by atoms with Crippen molar-refractivity contribution in [3.63, 3.8) is 0 Å². The van der Waals surface area contributed by atoms with Crippen LogP contribution in [0.3, 0.4) is 0 Å². The van der Waals surface area contributed by atoms with Gasteiger partial charge in [-0.25, -0.2) is 0 Å². The molecule has 0 atom stereocenters. The lowest BCUT2D eigenvalue weighted by molar-refractivity contribution is 0.392. The molecule has 0 heterocycles. The lowest BCUT2D eigenvalue weighted by Crippen LogP contribution is -1.88. The van der Waals surface area contributed by atoms with Crippen LogP contribution in [0.4, 0.5) is 0 Å². The van der Waals surface area contributed by atoms with E-state index in [0.29, 0.717) is 17.1 Å². The van der Waals surface area contributed by atoms with E-state index in [2.05, 4.69) is 0 Å². The Labute approximate surface area is 69.6 Å². The zero-order valence-electron chi connectivity index (χ0n) is 8.89. The molecule has 0 amide bonds. The maximum Gasteiger partial charge on any atom is 0.125 e. The van der Waals surface area contributed by atoms with Crippen LogP contribution < -0.4 is 9.47 Å². The number of hydrogen-bond acceptors (Lipinski definition) is 2. The molecular weight excluding hydrogens is 140 g/mol. The third-order valence-corrected chi connectivity index (χ3v) is 1.44. The maximum absolute atomic E-state index is 7.58. The van der Waals surface area contributed by atoms with Crippen molar-refractivity contribution in [2.24, 2.45) is 0 Å². The van der Waals surface area contributed by atoms with Gasteiger partial charge in [0, 0.05) is 6.07 Å². The van der Waals surface area contributed by atoms with E-state index >= 15 is 0 Å². The van der Waals surface area contributed by atoms with Gasteiger partial charge < -0.3 is 9.47 Å². The zero-order valence-corrected chi connectivity index (χ0v) is 6.89. The van der Waals surface area contributed by atoms with Gasteiger partial charge in [-0.2, -0.15) is 0 Å². The Hall–Kier alpha value is -1.18. The van der Waals surface area contributed by atoms with E-state index in [1.54, 1.807) is 13.0 Å². The van der Waals surface area contributed by atoms with Crippen molar-refractivity contribution in [3.8, 4) is 11.5 Å². The van der Waals surface area contributed by atoms with Crippen molar-refractivity contribution in [1.29, 1.82) is 0 Å². The van der Waals surface area contributed by atoms with Gasteiger partial charge in [0.2, 0.25) is 0 Å². The smallest absolute Gasteiger partial charge is 0.125 e. The fourth-order valence-electron chi connectivity index (χ4n) is 0.802. The summed E-state index contributed by atoms with van der Waals surface area (Å²) >= 11 is 0. The van der Waals surface area contributed by atoms with Crippen molar-refractivity contribution in [2.45, 2.75) is 6.92 Å². The Morgan fingerprint density at radius 3 is 2.55 bits per heavy atom. The molecule has 0 aliphatic carbocycles. The second kappa shape index (κ2) is 3.28. The number of ether oxygens (including phenoxy) is 2.